The van der Waals surface area contributed by atoms with Gasteiger partial charge in [0.1, 0.15) is 0 Å². The van der Waals surface area contributed by atoms with Gasteiger partial charge in [-0.05, 0) is 69.4 Å². The van der Waals surface area contributed by atoms with E-state index < -0.39 is 0 Å². The highest BCUT2D eigenvalue weighted by Gasteiger charge is 2.29. The third-order valence-electron chi connectivity index (χ3n) is 4.65. The molecule has 1 saturated heterocycles. The lowest BCUT2D eigenvalue weighted by Crippen LogP contribution is -2.39. The van der Waals surface area contributed by atoms with Crippen LogP contribution in [-0.2, 0) is 17.8 Å². The van der Waals surface area contributed by atoms with Gasteiger partial charge in [-0.25, -0.2) is 0 Å². The van der Waals surface area contributed by atoms with Gasteiger partial charge in [-0.1, -0.05) is 0 Å². The third-order valence-corrected chi connectivity index (χ3v) is 5.63. The molecule has 0 aliphatic carbocycles. The van der Waals surface area contributed by atoms with E-state index in [1.807, 2.05) is 23.7 Å². The third kappa shape index (κ3) is 5.13. The van der Waals surface area contributed by atoms with Crippen LogP contribution < -0.4 is 0 Å². The molecule has 0 radical (unpaired) electrons. The standard InChI is InChI=1S/C20H28N2OS/c1-16-4-5-19(24-16)15-22(13-17-6-9-21-10-7-17)14-18-8-11-23-20(2,3)12-18/h4-7,9-10,18H,8,11-15H2,1-3H3/t18-/m1/s1. The highest BCUT2D eigenvalue weighted by Crippen LogP contribution is 2.30. The number of aryl methyl sites for hydroxylation is 1. The van der Waals surface area contributed by atoms with Gasteiger partial charge in [0.25, 0.3) is 0 Å². The number of aromatic nitrogens is 1. The van der Waals surface area contributed by atoms with Crippen molar-refractivity contribution in [1.29, 1.82) is 0 Å². The van der Waals surface area contributed by atoms with Crippen molar-refractivity contribution in [2.75, 3.05) is 13.2 Å². The van der Waals surface area contributed by atoms with E-state index in [9.17, 15) is 0 Å². The first-order valence-electron chi connectivity index (χ1n) is 8.81. The van der Waals surface area contributed by atoms with Gasteiger partial charge < -0.3 is 4.74 Å². The Morgan fingerprint density at radius 1 is 1.21 bits per heavy atom. The molecule has 1 atom stereocenters. The summed E-state index contributed by atoms with van der Waals surface area (Å²) >= 11 is 1.91. The molecule has 24 heavy (non-hydrogen) atoms. The van der Waals surface area contributed by atoms with Crippen LogP contribution in [0.15, 0.2) is 36.7 Å². The van der Waals surface area contributed by atoms with Crippen LogP contribution in [0, 0.1) is 12.8 Å². The van der Waals surface area contributed by atoms with E-state index in [1.54, 1.807) is 0 Å². The van der Waals surface area contributed by atoms with Crippen LogP contribution >= 0.6 is 11.3 Å². The number of ether oxygens (including phenoxy) is 1. The fraction of sp³-hybridized carbons (Fsp3) is 0.550. The molecule has 0 unspecified atom stereocenters. The van der Waals surface area contributed by atoms with E-state index in [2.05, 4.69) is 54.9 Å². The van der Waals surface area contributed by atoms with E-state index in [4.69, 9.17) is 4.74 Å². The van der Waals surface area contributed by atoms with Crippen molar-refractivity contribution in [2.24, 2.45) is 5.92 Å². The summed E-state index contributed by atoms with van der Waals surface area (Å²) in [6.07, 6.45) is 6.09. The molecule has 0 aromatic carbocycles. The minimum Gasteiger partial charge on any atom is -0.376 e. The fourth-order valence-electron chi connectivity index (χ4n) is 3.60. The maximum absolute atomic E-state index is 5.89. The first-order chi connectivity index (χ1) is 11.5. The summed E-state index contributed by atoms with van der Waals surface area (Å²) in [6, 6.07) is 8.75. The monoisotopic (exact) mass is 344 g/mol. The Balaban J connectivity index is 1.69. The number of pyridine rings is 1. The van der Waals surface area contributed by atoms with Crippen LogP contribution in [0.25, 0.3) is 0 Å². The van der Waals surface area contributed by atoms with Crippen molar-refractivity contribution in [3.8, 4) is 0 Å². The molecule has 3 heterocycles. The molecule has 1 aliphatic heterocycles. The van der Waals surface area contributed by atoms with E-state index >= 15 is 0 Å². The average Bonchev–Trinajstić information content (AvgIpc) is 2.92. The van der Waals surface area contributed by atoms with Crippen LogP contribution in [0.1, 0.15) is 42.0 Å². The fourth-order valence-corrected chi connectivity index (χ4v) is 4.53. The quantitative estimate of drug-likeness (QED) is 0.762. The molecule has 2 aromatic rings. The van der Waals surface area contributed by atoms with Gasteiger partial charge in [0.15, 0.2) is 0 Å². The molecular formula is C20H28N2OS. The van der Waals surface area contributed by atoms with Gasteiger partial charge in [0.2, 0.25) is 0 Å². The summed E-state index contributed by atoms with van der Waals surface area (Å²) < 4.78 is 5.89. The normalized spacial score (nSPS) is 20.4. The van der Waals surface area contributed by atoms with Crippen molar-refractivity contribution in [1.82, 2.24) is 9.88 Å². The zero-order valence-corrected chi connectivity index (χ0v) is 15.8. The zero-order valence-electron chi connectivity index (χ0n) is 15.0. The van der Waals surface area contributed by atoms with Crippen molar-refractivity contribution >= 4 is 11.3 Å². The lowest BCUT2D eigenvalue weighted by atomic mass is 9.88. The minimum absolute atomic E-state index is 0.0186. The van der Waals surface area contributed by atoms with Gasteiger partial charge in [0, 0.05) is 48.4 Å². The molecule has 0 saturated carbocycles. The van der Waals surface area contributed by atoms with Gasteiger partial charge in [-0.3, -0.25) is 9.88 Å². The van der Waals surface area contributed by atoms with Crippen LogP contribution in [0.3, 0.4) is 0 Å². The predicted molar refractivity (Wildman–Crippen MR) is 100 cm³/mol. The Morgan fingerprint density at radius 3 is 2.67 bits per heavy atom. The van der Waals surface area contributed by atoms with E-state index in [1.165, 1.54) is 21.7 Å². The topological polar surface area (TPSA) is 25.4 Å². The van der Waals surface area contributed by atoms with Gasteiger partial charge in [-0.15, -0.1) is 11.3 Å². The summed E-state index contributed by atoms with van der Waals surface area (Å²) in [5.41, 5.74) is 1.36. The first kappa shape index (κ1) is 17.6. The molecule has 0 N–H and O–H groups in total. The van der Waals surface area contributed by atoms with Crippen molar-refractivity contribution in [3.63, 3.8) is 0 Å². The summed E-state index contributed by atoms with van der Waals surface area (Å²) in [4.78, 5) is 9.57. The molecule has 3 nitrogen and oxygen atoms in total. The number of hydrogen-bond acceptors (Lipinski definition) is 4. The van der Waals surface area contributed by atoms with Crippen LogP contribution in [0.5, 0.6) is 0 Å². The summed E-state index contributed by atoms with van der Waals surface area (Å²) in [5.74, 6) is 0.705. The molecule has 3 rings (SSSR count). The molecule has 0 amide bonds. The van der Waals surface area contributed by atoms with Crippen molar-refractivity contribution < 1.29 is 4.74 Å². The van der Waals surface area contributed by atoms with Crippen molar-refractivity contribution in [2.45, 2.75) is 52.3 Å². The molecule has 1 fully saturated rings. The molecule has 0 bridgehead atoms. The maximum Gasteiger partial charge on any atom is 0.0629 e. The van der Waals surface area contributed by atoms with Gasteiger partial charge in [-0.2, -0.15) is 0 Å². The Hall–Kier alpha value is -1.23. The Bertz CT molecular complexity index is 638. The molecular weight excluding hydrogens is 316 g/mol. The lowest BCUT2D eigenvalue weighted by Gasteiger charge is -2.38. The second-order valence-corrected chi connectivity index (χ2v) is 8.88. The minimum atomic E-state index is 0.0186. The molecule has 4 heteroatoms. The molecule has 0 spiro atoms. The second kappa shape index (κ2) is 7.77. The summed E-state index contributed by atoms with van der Waals surface area (Å²) in [5, 5.41) is 0. The molecule has 130 valence electrons. The van der Waals surface area contributed by atoms with Crippen molar-refractivity contribution in [3.05, 3.63) is 52.0 Å². The Labute approximate surface area is 149 Å². The van der Waals surface area contributed by atoms with E-state index in [-0.39, 0.29) is 5.60 Å². The number of hydrogen-bond donors (Lipinski definition) is 0. The first-order valence-corrected chi connectivity index (χ1v) is 9.62. The molecule has 1 aliphatic rings. The smallest absolute Gasteiger partial charge is 0.0629 e. The molecule has 2 aromatic heterocycles. The SMILES string of the molecule is Cc1ccc(CN(Cc2ccncc2)C[C@@H]2CCOC(C)(C)C2)s1. The highest BCUT2D eigenvalue weighted by atomic mass is 32.1. The summed E-state index contributed by atoms with van der Waals surface area (Å²) in [6.45, 7) is 10.6. The largest absolute Gasteiger partial charge is 0.376 e. The predicted octanol–water partition coefficient (Wildman–Crippen LogP) is 4.66. The Morgan fingerprint density at radius 2 is 2.00 bits per heavy atom. The lowest BCUT2D eigenvalue weighted by molar-refractivity contribution is -0.0774. The zero-order chi connectivity index (χ0) is 17.0. The van der Waals surface area contributed by atoms with Gasteiger partial charge >= 0.3 is 0 Å². The van der Waals surface area contributed by atoms with E-state index in [0.29, 0.717) is 5.92 Å². The van der Waals surface area contributed by atoms with Crippen LogP contribution in [0.4, 0.5) is 0 Å². The average molecular weight is 345 g/mol. The number of rotatable bonds is 6. The summed E-state index contributed by atoms with van der Waals surface area (Å²) in [7, 11) is 0. The second-order valence-electron chi connectivity index (χ2n) is 7.50. The van der Waals surface area contributed by atoms with Gasteiger partial charge in [0.05, 0.1) is 5.60 Å². The van der Waals surface area contributed by atoms with Crippen LogP contribution in [-0.4, -0.2) is 28.6 Å². The number of nitrogens with zero attached hydrogens (tertiary/aromatic N) is 2. The van der Waals surface area contributed by atoms with E-state index in [0.717, 1.165) is 32.7 Å². The van der Waals surface area contributed by atoms with Crippen LogP contribution in [0.2, 0.25) is 0 Å². The number of thiophene rings is 1. The maximum atomic E-state index is 5.89. The Kier molecular flexibility index (Phi) is 5.69. The highest BCUT2D eigenvalue weighted by molar-refractivity contribution is 7.11.